The van der Waals surface area contributed by atoms with Gasteiger partial charge in [-0.1, -0.05) is 35.0 Å². The zero-order valence-corrected chi connectivity index (χ0v) is 11.3. The summed E-state index contributed by atoms with van der Waals surface area (Å²) in [7, 11) is 0. The highest BCUT2D eigenvalue weighted by Gasteiger charge is 2.00. The molecule has 0 aliphatic heterocycles. The number of hydrogen-bond donors (Lipinski definition) is 0. The summed E-state index contributed by atoms with van der Waals surface area (Å²) in [6.45, 7) is 2.18. The van der Waals surface area contributed by atoms with Crippen LogP contribution in [0.2, 0.25) is 0 Å². The molecule has 0 aromatic heterocycles. The van der Waals surface area contributed by atoms with Crippen LogP contribution < -0.4 is 0 Å². The maximum absolute atomic E-state index is 5.74. The molecule has 0 saturated heterocycles. The molecule has 0 fully saturated rings. The SMILES string of the molecule is CC(CCl)CSCc1cccc(Br)c1. The van der Waals surface area contributed by atoms with Crippen molar-refractivity contribution in [3.8, 4) is 0 Å². The highest BCUT2D eigenvalue weighted by Crippen LogP contribution is 2.19. The summed E-state index contributed by atoms with van der Waals surface area (Å²) < 4.78 is 1.15. The first-order valence-corrected chi connectivity index (χ1v) is 7.08. The van der Waals surface area contributed by atoms with Gasteiger partial charge in [0.2, 0.25) is 0 Å². The molecule has 78 valence electrons. The molecule has 1 unspecified atom stereocenters. The molecular formula is C11H14BrClS. The number of halogens is 2. The van der Waals surface area contributed by atoms with Gasteiger partial charge in [0.15, 0.2) is 0 Å². The monoisotopic (exact) mass is 292 g/mol. The number of thioether (sulfide) groups is 1. The van der Waals surface area contributed by atoms with Crippen LogP contribution in [0, 0.1) is 5.92 Å². The topological polar surface area (TPSA) is 0 Å². The van der Waals surface area contributed by atoms with Crippen molar-refractivity contribution in [2.75, 3.05) is 11.6 Å². The maximum Gasteiger partial charge on any atom is 0.0257 e. The summed E-state index contributed by atoms with van der Waals surface area (Å²) in [5.41, 5.74) is 1.37. The maximum atomic E-state index is 5.74. The summed E-state index contributed by atoms with van der Waals surface area (Å²) >= 11 is 11.1. The Bertz CT molecular complexity index is 278. The van der Waals surface area contributed by atoms with Gasteiger partial charge in [0.25, 0.3) is 0 Å². The van der Waals surface area contributed by atoms with Gasteiger partial charge in [-0.2, -0.15) is 11.8 Å². The zero-order valence-electron chi connectivity index (χ0n) is 8.17. The first kappa shape index (κ1) is 12.4. The van der Waals surface area contributed by atoms with Crippen LogP contribution in [-0.2, 0) is 5.75 Å². The molecule has 1 atom stereocenters. The smallest absolute Gasteiger partial charge is 0.0257 e. The Hall–Kier alpha value is 0.340. The molecule has 0 spiro atoms. The van der Waals surface area contributed by atoms with E-state index in [9.17, 15) is 0 Å². The van der Waals surface area contributed by atoms with Crippen molar-refractivity contribution in [1.82, 2.24) is 0 Å². The molecule has 0 saturated carbocycles. The van der Waals surface area contributed by atoms with Crippen molar-refractivity contribution < 1.29 is 0 Å². The minimum atomic E-state index is 0.605. The zero-order chi connectivity index (χ0) is 10.4. The highest BCUT2D eigenvalue weighted by atomic mass is 79.9. The fourth-order valence-corrected chi connectivity index (χ4v) is 2.79. The van der Waals surface area contributed by atoms with Crippen LogP contribution in [0.1, 0.15) is 12.5 Å². The second-order valence-corrected chi connectivity index (χ2v) is 5.66. The van der Waals surface area contributed by atoms with Crippen molar-refractivity contribution in [1.29, 1.82) is 0 Å². The van der Waals surface area contributed by atoms with Gasteiger partial charge in [-0.15, -0.1) is 11.6 Å². The predicted molar refractivity (Wildman–Crippen MR) is 70.2 cm³/mol. The summed E-state index contributed by atoms with van der Waals surface area (Å²) in [5, 5.41) is 0. The van der Waals surface area contributed by atoms with E-state index in [0.717, 1.165) is 21.9 Å². The molecule has 0 amide bonds. The quantitative estimate of drug-likeness (QED) is 0.717. The minimum Gasteiger partial charge on any atom is -0.157 e. The minimum absolute atomic E-state index is 0.605. The Morgan fingerprint density at radius 2 is 2.29 bits per heavy atom. The van der Waals surface area contributed by atoms with Gasteiger partial charge in [-0.05, 0) is 29.4 Å². The van der Waals surface area contributed by atoms with Crippen LogP contribution in [0.3, 0.4) is 0 Å². The van der Waals surface area contributed by atoms with Gasteiger partial charge in [-0.25, -0.2) is 0 Å². The Balaban J connectivity index is 2.31. The Labute approximate surface area is 104 Å². The van der Waals surface area contributed by atoms with Gasteiger partial charge in [0, 0.05) is 16.1 Å². The summed E-state index contributed by atoms with van der Waals surface area (Å²) in [6, 6.07) is 8.45. The van der Waals surface area contributed by atoms with Crippen LogP contribution in [0.15, 0.2) is 28.7 Å². The van der Waals surface area contributed by atoms with E-state index in [1.54, 1.807) is 0 Å². The molecule has 0 N–H and O–H groups in total. The van der Waals surface area contributed by atoms with Crippen LogP contribution in [0.4, 0.5) is 0 Å². The lowest BCUT2D eigenvalue weighted by molar-refractivity contribution is 0.759. The van der Waals surface area contributed by atoms with Gasteiger partial charge in [0.05, 0.1) is 0 Å². The van der Waals surface area contributed by atoms with Crippen molar-refractivity contribution in [2.45, 2.75) is 12.7 Å². The molecule has 0 aliphatic rings. The van der Waals surface area contributed by atoms with Crippen molar-refractivity contribution in [3.05, 3.63) is 34.3 Å². The first-order valence-electron chi connectivity index (χ1n) is 4.60. The average molecular weight is 294 g/mol. The van der Waals surface area contributed by atoms with E-state index >= 15 is 0 Å². The van der Waals surface area contributed by atoms with Crippen molar-refractivity contribution in [2.24, 2.45) is 5.92 Å². The van der Waals surface area contributed by atoms with Crippen LogP contribution in [0.25, 0.3) is 0 Å². The number of alkyl halides is 1. The van der Waals surface area contributed by atoms with E-state index < -0.39 is 0 Å². The van der Waals surface area contributed by atoms with Crippen molar-refractivity contribution in [3.63, 3.8) is 0 Å². The normalized spacial score (nSPS) is 12.8. The van der Waals surface area contributed by atoms with Gasteiger partial charge in [0.1, 0.15) is 0 Å². The first-order chi connectivity index (χ1) is 6.72. The fraction of sp³-hybridized carbons (Fsp3) is 0.455. The summed E-state index contributed by atoms with van der Waals surface area (Å²) in [5.74, 6) is 3.57. The van der Waals surface area contributed by atoms with E-state index in [4.69, 9.17) is 11.6 Å². The number of rotatable bonds is 5. The van der Waals surface area contributed by atoms with E-state index in [-0.39, 0.29) is 0 Å². The van der Waals surface area contributed by atoms with E-state index in [1.807, 2.05) is 11.8 Å². The molecule has 1 rings (SSSR count). The lowest BCUT2D eigenvalue weighted by Crippen LogP contribution is -1.99. The average Bonchev–Trinajstić information content (AvgIpc) is 2.17. The largest absolute Gasteiger partial charge is 0.157 e. The molecule has 0 radical (unpaired) electrons. The third-order valence-electron chi connectivity index (χ3n) is 1.82. The van der Waals surface area contributed by atoms with E-state index in [0.29, 0.717) is 5.92 Å². The van der Waals surface area contributed by atoms with Crippen LogP contribution in [-0.4, -0.2) is 11.6 Å². The summed E-state index contributed by atoms with van der Waals surface area (Å²) in [4.78, 5) is 0. The second kappa shape index (κ2) is 6.76. The van der Waals surface area contributed by atoms with E-state index in [1.165, 1.54) is 5.56 Å². The van der Waals surface area contributed by atoms with Gasteiger partial charge < -0.3 is 0 Å². The Morgan fingerprint density at radius 1 is 1.50 bits per heavy atom. The van der Waals surface area contributed by atoms with Gasteiger partial charge >= 0.3 is 0 Å². The Kier molecular flexibility index (Phi) is 5.99. The molecule has 14 heavy (non-hydrogen) atoms. The third-order valence-corrected chi connectivity index (χ3v) is 4.19. The molecule has 0 aliphatic carbocycles. The Morgan fingerprint density at radius 3 is 2.93 bits per heavy atom. The van der Waals surface area contributed by atoms with Crippen molar-refractivity contribution >= 4 is 39.3 Å². The van der Waals surface area contributed by atoms with E-state index in [2.05, 4.69) is 47.1 Å². The molecule has 0 heterocycles. The predicted octanol–water partition coefficient (Wildman–Crippen LogP) is 4.56. The standard InChI is InChI=1S/C11H14BrClS/c1-9(6-13)7-14-8-10-3-2-4-11(12)5-10/h2-5,9H,6-8H2,1H3. The summed E-state index contributed by atoms with van der Waals surface area (Å²) in [6.07, 6.45) is 0. The van der Waals surface area contributed by atoms with Gasteiger partial charge in [-0.3, -0.25) is 0 Å². The molecule has 1 aromatic carbocycles. The molecule has 3 heteroatoms. The second-order valence-electron chi connectivity index (χ2n) is 3.40. The highest BCUT2D eigenvalue weighted by molar-refractivity contribution is 9.10. The third kappa shape index (κ3) is 4.72. The molecule has 1 aromatic rings. The molecule has 0 bridgehead atoms. The van der Waals surface area contributed by atoms with Crippen LogP contribution in [0.5, 0.6) is 0 Å². The lowest BCUT2D eigenvalue weighted by atomic mass is 10.2. The number of hydrogen-bond acceptors (Lipinski definition) is 1. The van der Waals surface area contributed by atoms with Crippen LogP contribution >= 0.6 is 39.3 Å². The fourth-order valence-electron chi connectivity index (χ4n) is 1.05. The molecular weight excluding hydrogens is 280 g/mol. The number of benzene rings is 1. The molecule has 0 nitrogen and oxygen atoms in total. The lowest BCUT2D eigenvalue weighted by Gasteiger charge is -2.06.